The van der Waals surface area contributed by atoms with Gasteiger partial charge in [-0.15, -0.1) is 0 Å². The van der Waals surface area contributed by atoms with Crippen LogP contribution in [-0.2, 0) is 19.1 Å². The first kappa shape index (κ1) is 43.9. The first-order valence-corrected chi connectivity index (χ1v) is 19.3. The van der Waals surface area contributed by atoms with Crippen molar-refractivity contribution in [2.45, 2.75) is 181 Å². The van der Waals surface area contributed by atoms with E-state index >= 15 is 0 Å². The average molecular weight is 639 g/mol. The molecule has 0 aliphatic heterocycles. The summed E-state index contributed by atoms with van der Waals surface area (Å²) in [6, 6.07) is 0. The minimum absolute atomic E-state index is 0.0842. The van der Waals surface area contributed by atoms with Crippen LogP contribution in [0.4, 0.5) is 0 Å². The van der Waals surface area contributed by atoms with Gasteiger partial charge in [-0.3, -0.25) is 9.59 Å². The summed E-state index contributed by atoms with van der Waals surface area (Å²) in [5, 5.41) is 0. The molecule has 0 aromatic carbocycles. The molecule has 0 aliphatic rings. The molecule has 6 heteroatoms. The zero-order valence-electron chi connectivity index (χ0n) is 31.2. The van der Waals surface area contributed by atoms with Gasteiger partial charge in [-0.1, -0.05) is 142 Å². The Kier molecular flexibility index (Phi) is 30.7. The van der Waals surface area contributed by atoms with Crippen LogP contribution in [0, 0.1) is 5.41 Å². The van der Waals surface area contributed by atoms with Gasteiger partial charge in [-0.05, 0) is 25.7 Å². The van der Waals surface area contributed by atoms with Crippen LogP contribution in [0.5, 0.6) is 0 Å². The van der Waals surface area contributed by atoms with Gasteiger partial charge >= 0.3 is 0 Å². The molecule has 0 spiro atoms. The highest BCUT2D eigenvalue weighted by atomic mass is 16.5. The molecule has 0 aliphatic carbocycles. The van der Waals surface area contributed by atoms with Crippen molar-refractivity contribution in [2.75, 3.05) is 54.6 Å². The lowest BCUT2D eigenvalue weighted by atomic mass is 9.76. The smallest absolute Gasteiger partial charge is 0.222 e. The third-order valence-electron chi connectivity index (χ3n) is 9.24. The van der Waals surface area contributed by atoms with E-state index in [1.165, 1.54) is 122 Å². The Labute approximate surface area is 281 Å². The second kappa shape index (κ2) is 31.5. The van der Waals surface area contributed by atoms with Gasteiger partial charge in [-0.2, -0.15) is 0 Å². The summed E-state index contributed by atoms with van der Waals surface area (Å²) in [6.07, 6.45) is 30.8. The molecule has 45 heavy (non-hydrogen) atoms. The molecule has 0 fully saturated rings. The number of unbranched alkanes of at least 4 members (excludes halogenated alkanes) is 20. The number of hydrogen-bond acceptors (Lipinski definition) is 4. The Morgan fingerprint density at radius 3 is 1.11 bits per heavy atom. The fraction of sp³-hybridized carbons (Fsp3) is 0.949. The summed E-state index contributed by atoms with van der Waals surface area (Å²) in [4.78, 5) is 29.2. The van der Waals surface area contributed by atoms with Crippen LogP contribution in [0.3, 0.4) is 0 Å². The van der Waals surface area contributed by atoms with E-state index in [0.29, 0.717) is 26.1 Å². The van der Waals surface area contributed by atoms with Gasteiger partial charge in [0.15, 0.2) is 0 Å². The quantitative estimate of drug-likeness (QED) is 0.0658. The van der Waals surface area contributed by atoms with Crippen molar-refractivity contribution < 1.29 is 19.1 Å². The number of rotatable bonds is 34. The molecule has 0 aromatic heterocycles. The molecule has 0 saturated heterocycles. The second-order valence-corrected chi connectivity index (χ2v) is 14.3. The predicted octanol–water partition coefficient (Wildman–Crippen LogP) is 10.4. The maximum atomic E-state index is 12.9. The zero-order valence-corrected chi connectivity index (χ0v) is 31.2. The summed E-state index contributed by atoms with van der Waals surface area (Å²) in [6.45, 7) is 7.52. The van der Waals surface area contributed by atoms with Crippen molar-refractivity contribution in [3.05, 3.63) is 0 Å². The molecule has 0 aromatic rings. The molecular formula is C39H78N2O4. The van der Waals surface area contributed by atoms with Crippen LogP contribution in [0.15, 0.2) is 0 Å². The Morgan fingerprint density at radius 1 is 0.444 bits per heavy atom. The van der Waals surface area contributed by atoms with E-state index < -0.39 is 5.41 Å². The molecule has 0 atom stereocenters. The summed E-state index contributed by atoms with van der Waals surface area (Å²) in [7, 11) is 7.24. The van der Waals surface area contributed by atoms with Crippen molar-refractivity contribution in [3.63, 3.8) is 0 Å². The molecule has 0 heterocycles. The van der Waals surface area contributed by atoms with Gasteiger partial charge in [0.2, 0.25) is 11.8 Å². The Balaban J connectivity index is 4.49. The van der Waals surface area contributed by atoms with Crippen molar-refractivity contribution in [1.29, 1.82) is 0 Å². The average Bonchev–Trinajstić information content (AvgIpc) is 3.01. The number of nitrogens with zero attached hydrogens (tertiary/aromatic N) is 2. The minimum atomic E-state index is -0.440. The fourth-order valence-electron chi connectivity index (χ4n) is 6.03. The maximum absolute atomic E-state index is 12.9. The molecule has 0 rings (SSSR count). The molecule has 0 N–H and O–H groups in total. The van der Waals surface area contributed by atoms with E-state index in [-0.39, 0.29) is 11.8 Å². The van der Waals surface area contributed by atoms with Crippen molar-refractivity contribution in [1.82, 2.24) is 9.80 Å². The lowest BCUT2D eigenvalue weighted by Crippen LogP contribution is -2.39. The molecule has 6 nitrogen and oxygen atoms in total. The third kappa shape index (κ3) is 27.7. The molecule has 0 unspecified atom stereocenters. The van der Waals surface area contributed by atoms with Gasteiger partial charge < -0.3 is 19.3 Å². The summed E-state index contributed by atoms with van der Waals surface area (Å²) in [5.41, 5.74) is -0.440. The highest BCUT2D eigenvalue weighted by Gasteiger charge is 2.36. The Hall–Kier alpha value is -1.14. The topological polar surface area (TPSA) is 59.1 Å². The predicted molar refractivity (Wildman–Crippen MR) is 193 cm³/mol. The van der Waals surface area contributed by atoms with Gasteiger partial charge in [0.25, 0.3) is 0 Å². The lowest BCUT2D eigenvalue weighted by Gasteiger charge is -2.34. The van der Waals surface area contributed by atoms with Crippen LogP contribution in [0.25, 0.3) is 0 Å². The van der Waals surface area contributed by atoms with Crippen molar-refractivity contribution >= 4 is 11.8 Å². The van der Waals surface area contributed by atoms with E-state index in [0.717, 1.165) is 45.3 Å². The van der Waals surface area contributed by atoms with E-state index in [9.17, 15) is 9.59 Å². The summed E-state index contributed by atoms with van der Waals surface area (Å²) in [5.74, 6) is 0.168. The van der Waals surface area contributed by atoms with Crippen LogP contribution >= 0.6 is 0 Å². The van der Waals surface area contributed by atoms with Crippen LogP contribution in [-0.4, -0.2) is 76.2 Å². The SMILES string of the molecule is CCCCCCCCCCCCCCOCC(CCCCCCCCOCCCCCCC)(CC(=O)N(C)C)CC(=O)N(C)C. The second-order valence-electron chi connectivity index (χ2n) is 14.3. The van der Waals surface area contributed by atoms with E-state index in [2.05, 4.69) is 13.8 Å². The van der Waals surface area contributed by atoms with E-state index in [4.69, 9.17) is 9.47 Å². The Morgan fingerprint density at radius 2 is 0.756 bits per heavy atom. The molecule has 268 valence electrons. The number of carbonyl (C=O) groups excluding carboxylic acids is 2. The molecule has 2 amide bonds. The van der Waals surface area contributed by atoms with E-state index in [1.54, 1.807) is 9.80 Å². The van der Waals surface area contributed by atoms with Gasteiger partial charge in [-0.25, -0.2) is 0 Å². The number of amides is 2. The summed E-state index contributed by atoms with van der Waals surface area (Å²) < 4.78 is 12.1. The highest BCUT2D eigenvalue weighted by Crippen LogP contribution is 2.35. The van der Waals surface area contributed by atoms with Gasteiger partial charge in [0.1, 0.15) is 0 Å². The highest BCUT2D eigenvalue weighted by molar-refractivity contribution is 5.80. The largest absolute Gasteiger partial charge is 0.381 e. The van der Waals surface area contributed by atoms with Crippen molar-refractivity contribution in [2.24, 2.45) is 5.41 Å². The molecule has 0 bridgehead atoms. The lowest BCUT2D eigenvalue weighted by molar-refractivity contribution is -0.137. The summed E-state index contributed by atoms with van der Waals surface area (Å²) >= 11 is 0. The Bertz CT molecular complexity index is 611. The maximum Gasteiger partial charge on any atom is 0.222 e. The van der Waals surface area contributed by atoms with Gasteiger partial charge in [0, 0.05) is 66.3 Å². The third-order valence-corrected chi connectivity index (χ3v) is 9.24. The standard InChI is InChI=1S/C39H78N2O4/c1-7-9-11-13-14-15-16-17-18-20-25-29-33-45-36-39(34-37(42)40(3)4,35-38(43)41(5)6)30-26-22-19-21-24-28-32-44-31-27-23-12-10-8-2/h7-36H2,1-6H3. The fourth-order valence-corrected chi connectivity index (χ4v) is 6.03. The number of carbonyl (C=O) groups is 2. The van der Waals surface area contributed by atoms with Crippen LogP contribution < -0.4 is 0 Å². The van der Waals surface area contributed by atoms with Crippen LogP contribution in [0.1, 0.15) is 181 Å². The monoisotopic (exact) mass is 639 g/mol. The normalized spacial score (nSPS) is 11.7. The van der Waals surface area contributed by atoms with Crippen LogP contribution in [0.2, 0.25) is 0 Å². The first-order chi connectivity index (χ1) is 21.8. The molecule has 0 radical (unpaired) electrons. The minimum Gasteiger partial charge on any atom is -0.381 e. The molecular weight excluding hydrogens is 560 g/mol. The van der Waals surface area contributed by atoms with Gasteiger partial charge in [0.05, 0.1) is 6.61 Å². The number of hydrogen-bond donors (Lipinski definition) is 0. The van der Waals surface area contributed by atoms with E-state index in [1.807, 2.05) is 28.2 Å². The number of ether oxygens (including phenoxy) is 2. The zero-order chi connectivity index (χ0) is 33.4. The first-order valence-electron chi connectivity index (χ1n) is 19.3. The molecule has 0 saturated carbocycles. The van der Waals surface area contributed by atoms with Crippen molar-refractivity contribution in [3.8, 4) is 0 Å².